The number of nitrogens with one attached hydrogen (secondary N) is 2. The molecule has 5 rings (SSSR count). The number of urea groups is 1. The van der Waals surface area contributed by atoms with Crippen LogP contribution in [0.25, 0.3) is 11.2 Å². The van der Waals surface area contributed by atoms with E-state index in [9.17, 15) is 14.3 Å². The highest BCUT2D eigenvalue weighted by atomic mass is 31.2. The van der Waals surface area contributed by atoms with Crippen molar-refractivity contribution in [3.05, 3.63) is 48.5 Å². The maximum absolute atomic E-state index is 12.1. The Bertz CT molecular complexity index is 1290. The highest BCUT2D eigenvalue weighted by Gasteiger charge is 2.54. The van der Waals surface area contributed by atoms with Gasteiger partial charge in [-0.25, -0.2) is 19.7 Å². The molecule has 14 nitrogen and oxygen atoms in total. The number of anilines is 1. The van der Waals surface area contributed by atoms with Crippen LogP contribution >= 0.6 is 7.60 Å². The van der Waals surface area contributed by atoms with Gasteiger partial charge in [0.2, 0.25) is 0 Å². The molecule has 0 bridgehead atoms. The standard InChI is InChI=1S/C22H28N7O7P/c1-2-24-22(30)28-18-15-19(26-11-25-18)29(12-27-15)20-17-16(14(34-20)10-33-37(31,32)9-8-23)35-21(36-17)13-6-4-3-5-7-13/h3-7,11-12,14,16-17,20-21H,2,8-10,23H2,1H3,(H,31,32)(H2,24,25,26,28,30)/p-1/t14-,16?,17?,20-,21+/m1/s1. The van der Waals surface area contributed by atoms with Crippen molar-refractivity contribution in [2.24, 2.45) is 5.73 Å². The van der Waals surface area contributed by atoms with Crippen LogP contribution in [0.2, 0.25) is 0 Å². The number of nitrogens with two attached hydrogens (primary N) is 1. The number of carbonyl (C=O) groups excluding carboxylic acids is 1. The molecule has 2 saturated heterocycles. The molecule has 37 heavy (non-hydrogen) atoms. The molecule has 2 fully saturated rings. The smallest absolute Gasteiger partial charge is 0.320 e. The number of ether oxygens (including phenoxy) is 3. The zero-order valence-electron chi connectivity index (χ0n) is 19.9. The first-order chi connectivity index (χ1) is 17.9. The lowest BCUT2D eigenvalue weighted by Gasteiger charge is -2.26. The Hall–Kier alpha value is -2.97. The Morgan fingerprint density at radius 3 is 2.73 bits per heavy atom. The van der Waals surface area contributed by atoms with Crippen LogP contribution in [0.3, 0.4) is 0 Å². The number of fused-ring (bicyclic) bond motifs is 2. The lowest BCUT2D eigenvalue weighted by atomic mass is 10.1. The highest BCUT2D eigenvalue weighted by molar-refractivity contribution is 7.51. The van der Waals surface area contributed by atoms with Gasteiger partial charge in [0.1, 0.15) is 32.2 Å². The van der Waals surface area contributed by atoms with E-state index in [4.69, 9.17) is 24.5 Å². The van der Waals surface area contributed by atoms with E-state index in [1.54, 1.807) is 11.5 Å². The number of imidazole rings is 1. The van der Waals surface area contributed by atoms with Gasteiger partial charge in [-0.3, -0.25) is 9.88 Å². The van der Waals surface area contributed by atoms with Gasteiger partial charge in [-0.15, -0.1) is 0 Å². The summed E-state index contributed by atoms with van der Waals surface area (Å²) in [5.74, 6) is 0.226. The van der Waals surface area contributed by atoms with E-state index in [1.165, 1.54) is 12.7 Å². The zero-order valence-corrected chi connectivity index (χ0v) is 20.8. The SMILES string of the molecule is CCNC(=O)Nc1ncnc2c1ncn2[C@@H]1O[C@H](COP(=O)([O-])CCN)C2O[C@H](c3ccccc3)OC21. The number of benzene rings is 1. The second kappa shape index (κ2) is 10.8. The quantitative estimate of drug-likeness (QED) is 0.332. The van der Waals surface area contributed by atoms with E-state index in [1.807, 2.05) is 30.3 Å². The minimum Gasteiger partial charge on any atom is -0.778 e. The van der Waals surface area contributed by atoms with Gasteiger partial charge >= 0.3 is 6.03 Å². The molecule has 15 heteroatoms. The van der Waals surface area contributed by atoms with Crippen molar-refractivity contribution in [1.82, 2.24) is 24.8 Å². The Kier molecular flexibility index (Phi) is 7.49. The van der Waals surface area contributed by atoms with E-state index in [-0.39, 0.29) is 25.1 Å². The predicted octanol–water partition coefficient (Wildman–Crippen LogP) is 0.877. The molecule has 4 N–H and O–H groups in total. The summed E-state index contributed by atoms with van der Waals surface area (Å²) in [5.41, 5.74) is 6.92. The van der Waals surface area contributed by atoms with Crippen LogP contribution in [-0.4, -0.2) is 69.7 Å². The van der Waals surface area contributed by atoms with Gasteiger partial charge < -0.3 is 39.2 Å². The number of aromatic nitrogens is 4. The first-order valence-electron chi connectivity index (χ1n) is 11.8. The lowest BCUT2D eigenvalue weighted by molar-refractivity contribution is -0.204. The van der Waals surface area contributed by atoms with E-state index in [0.29, 0.717) is 17.7 Å². The summed E-state index contributed by atoms with van der Waals surface area (Å²) in [6, 6.07) is 8.95. The zero-order chi connectivity index (χ0) is 26.0. The maximum Gasteiger partial charge on any atom is 0.320 e. The molecule has 6 atom stereocenters. The molecule has 0 spiro atoms. The molecule has 4 heterocycles. The summed E-state index contributed by atoms with van der Waals surface area (Å²) in [7, 11) is -4.14. The first-order valence-corrected chi connectivity index (χ1v) is 13.5. The number of hydrogen-bond donors (Lipinski definition) is 3. The molecule has 3 aromatic rings. The second-order valence-corrected chi connectivity index (χ2v) is 10.4. The van der Waals surface area contributed by atoms with Gasteiger partial charge in [-0.1, -0.05) is 30.3 Å². The van der Waals surface area contributed by atoms with Crippen molar-refractivity contribution in [3.63, 3.8) is 0 Å². The van der Waals surface area contributed by atoms with Crippen LogP contribution in [0.4, 0.5) is 10.6 Å². The van der Waals surface area contributed by atoms with Crippen LogP contribution in [0.5, 0.6) is 0 Å². The van der Waals surface area contributed by atoms with Crippen LogP contribution in [0, 0.1) is 0 Å². The van der Waals surface area contributed by atoms with Crippen molar-refractivity contribution in [2.75, 3.05) is 31.2 Å². The summed E-state index contributed by atoms with van der Waals surface area (Å²) < 4.78 is 37.6. The third-order valence-electron chi connectivity index (χ3n) is 5.96. The fourth-order valence-electron chi connectivity index (χ4n) is 4.31. The van der Waals surface area contributed by atoms with Gasteiger partial charge in [0.05, 0.1) is 12.9 Å². The molecule has 198 valence electrons. The third kappa shape index (κ3) is 5.36. The summed E-state index contributed by atoms with van der Waals surface area (Å²) >= 11 is 0. The van der Waals surface area contributed by atoms with Crippen LogP contribution in [-0.2, 0) is 23.3 Å². The highest BCUT2D eigenvalue weighted by Crippen LogP contribution is 2.46. The van der Waals surface area contributed by atoms with Gasteiger partial charge in [-0.2, -0.15) is 0 Å². The molecule has 3 unspecified atom stereocenters. The van der Waals surface area contributed by atoms with Gasteiger partial charge in [0.25, 0.3) is 0 Å². The Morgan fingerprint density at radius 2 is 1.97 bits per heavy atom. The molecule has 0 saturated carbocycles. The average Bonchev–Trinajstić information content (AvgIpc) is 3.58. The van der Waals surface area contributed by atoms with Gasteiger partial charge in [0.15, 0.2) is 29.5 Å². The summed E-state index contributed by atoms with van der Waals surface area (Å²) in [5, 5.41) is 5.29. The van der Waals surface area contributed by atoms with Crippen LogP contribution in [0.15, 0.2) is 43.0 Å². The lowest BCUT2D eigenvalue weighted by Crippen LogP contribution is -2.32. The van der Waals surface area contributed by atoms with E-state index in [2.05, 4.69) is 25.6 Å². The fraction of sp³-hybridized carbons (Fsp3) is 0.455. The largest absolute Gasteiger partial charge is 0.778 e. The number of rotatable bonds is 9. The number of hydrogen-bond acceptors (Lipinski definition) is 11. The molecule has 1 aromatic carbocycles. The Morgan fingerprint density at radius 1 is 1.19 bits per heavy atom. The predicted molar refractivity (Wildman–Crippen MR) is 128 cm³/mol. The summed E-state index contributed by atoms with van der Waals surface area (Å²) in [4.78, 5) is 37.0. The van der Waals surface area contributed by atoms with Crippen molar-refractivity contribution in [1.29, 1.82) is 0 Å². The first kappa shape index (κ1) is 25.7. The summed E-state index contributed by atoms with van der Waals surface area (Å²) in [6.07, 6.45) is -0.986. The van der Waals surface area contributed by atoms with E-state index < -0.39 is 44.5 Å². The molecule has 2 aliphatic heterocycles. The number of amides is 2. The Labute approximate surface area is 212 Å². The maximum atomic E-state index is 12.1. The van der Waals surface area contributed by atoms with Crippen LogP contribution < -0.4 is 21.3 Å². The van der Waals surface area contributed by atoms with Gasteiger partial charge in [0, 0.05) is 24.8 Å². The summed E-state index contributed by atoms with van der Waals surface area (Å²) in [6.45, 7) is 1.92. The van der Waals surface area contributed by atoms with Gasteiger partial charge in [-0.05, 0) is 6.92 Å². The Balaban J connectivity index is 1.43. The van der Waals surface area contributed by atoms with E-state index in [0.717, 1.165) is 5.56 Å². The normalized spacial score (nSPS) is 26.6. The monoisotopic (exact) mass is 532 g/mol. The molecular weight excluding hydrogens is 505 g/mol. The van der Waals surface area contributed by atoms with Crippen molar-refractivity contribution in [3.8, 4) is 0 Å². The topological polar surface area (TPSA) is 188 Å². The number of nitrogens with zero attached hydrogens (tertiary/aromatic N) is 4. The third-order valence-corrected chi connectivity index (χ3v) is 7.31. The molecule has 2 aromatic heterocycles. The van der Waals surface area contributed by atoms with Crippen LogP contribution in [0.1, 0.15) is 25.0 Å². The average molecular weight is 532 g/mol. The van der Waals surface area contributed by atoms with Crippen molar-refractivity contribution < 1.29 is 33.0 Å². The molecule has 2 aliphatic rings. The molecular formula is C22H27N7O7P-. The molecule has 0 aliphatic carbocycles. The second-order valence-electron chi connectivity index (χ2n) is 8.46. The molecule has 2 amide bonds. The fourth-order valence-corrected chi connectivity index (χ4v) is 5.13. The number of carbonyl (C=O) groups is 1. The minimum absolute atomic E-state index is 0.0515. The minimum atomic E-state index is -4.14. The van der Waals surface area contributed by atoms with Crippen molar-refractivity contribution in [2.45, 2.75) is 37.8 Å². The van der Waals surface area contributed by atoms with E-state index >= 15 is 0 Å². The van der Waals surface area contributed by atoms with Crippen molar-refractivity contribution >= 4 is 30.6 Å². The molecule has 0 radical (unpaired) electrons.